The van der Waals surface area contributed by atoms with E-state index in [2.05, 4.69) is 16.0 Å². The number of hydrazine groups is 1. The van der Waals surface area contributed by atoms with E-state index >= 15 is 0 Å². The van der Waals surface area contributed by atoms with Crippen molar-refractivity contribution in [3.8, 4) is 16.9 Å². The monoisotopic (exact) mass is 475 g/mol. The minimum Gasteiger partial charge on any atom is -0.273 e. The molecule has 0 aliphatic heterocycles. The van der Waals surface area contributed by atoms with Crippen molar-refractivity contribution in [2.24, 2.45) is 0 Å². The molecule has 0 radical (unpaired) electrons. The van der Waals surface area contributed by atoms with Crippen molar-refractivity contribution in [2.45, 2.75) is 6.42 Å². The Morgan fingerprint density at radius 2 is 1.62 bits per heavy atom. The molecule has 0 aliphatic carbocycles. The fourth-order valence-electron chi connectivity index (χ4n) is 3.29. The number of para-hydroxylation sites is 1. The molecule has 0 atom stereocenters. The van der Waals surface area contributed by atoms with Gasteiger partial charge >= 0.3 is 0 Å². The summed E-state index contributed by atoms with van der Waals surface area (Å²) in [6.07, 6.45) is 1.61. The molecule has 4 aromatic rings. The maximum Gasteiger partial charge on any atom is 0.271 e. The average Bonchev–Trinajstić information content (AvgIpc) is 3.27. The Labute approximate surface area is 199 Å². The molecule has 4 rings (SSSR count). The van der Waals surface area contributed by atoms with Gasteiger partial charge < -0.3 is 0 Å². The molecular formula is C24H18ClN5O4. The number of amides is 2. The predicted molar refractivity (Wildman–Crippen MR) is 126 cm³/mol. The lowest BCUT2D eigenvalue weighted by atomic mass is 10.1. The van der Waals surface area contributed by atoms with Crippen molar-refractivity contribution in [3.05, 3.63) is 111 Å². The Morgan fingerprint density at radius 3 is 2.29 bits per heavy atom. The van der Waals surface area contributed by atoms with Crippen LogP contribution < -0.4 is 10.9 Å². The fourth-order valence-corrected chi connectivity index (χ4v) is 3.51. The second-order valence-electron chi connectivity index (χ2n) is 7.25. The summed E-state index contributed by atoms with van der Waals surface area (Å²) in [4.78, 5) is 35.4. The number of non-ortho nitro benzene ring substituents is 1. The molecule has 0 bridgehead atoms. The Morgan fingerprint density at radius 1 is 0.941 bits per heavy atom. The first-order valence-corrected chi connectivity index (χ1v) is 10.5. The van der Waals surface area contributed by atoms with E-state index in [9.17, 15) is 19.7 Å². The Kier molecular flexibility index (Phi) is 6.65. The zero-order valence-corrected chi connectivity index (χ0v) is 18.4. The summed E-state index contributed by atoms with van der Waals surface area (Å²) in [7, 11) is 0. The molecule has 0 aliphatic rings. The van der Waals surface area contributed by atoms with Crippen LogP contribution in [0.5, 0.6) is 0 Å². The Bertz CT molecular complexity index is 1350. The molecular weight excluding hydrogens is 458 g/mol. The number of nitrogens with one attached hydrogen (secondary N) is 2. The van der Waals surface area contributed by atoms with Crippen molar-refractivity contribution in [3.63, 3.8) is 0 Å². The largest absolute Gasteiger partial charge is 0.273 e. The van der Waals surface area contributed by atoms with Gasteiger partial charge in [-0.1, -0.05) is 41.9 Å². The third kappa shape index (κ3) is 5.11. The number of halogens is 1. The maximum absolute atomic E-state index is 12.6. The van der Waals surface area contributed by atoms with Gasteiger partial charge in [0.15, 0.2) is 0 Å². The molecule has 0 fully saturated rings. The highest BCUT2D eigenvalue weighted by Gasteiger charge is 2.17. The van der Waals surface area contributed by atoms with Crippen LogP contribution in [0.25, 0.3) is 16.9 Å². The Balaban J connectivity index is 1.56. The SMILES string of the molecule is O=C(Cc1cn(-c2ccccc2)nc1-c1ccc([N+](=O)[O-])cc1)NNC(=O)c1ccccc1Cl. The summed E-state index contributed by atoms with van der Waals surface area (Å²) < 4.78 is 1.63. The van der Waals surface area contributed by atoms with E-state index in [1.165, 1.54) is 12.1 Å². The number of nitro benzene ring substituents is 1. The van der Waals surface area contributed by atoms with Crippen LogP contribution in [0.15, 0.2) is 85.1 Å². The molecule has 10 heteroatoms. The number of rotatable bonds is 6. The van der Waals surface area contributed by atoms with Crippen LogP contribution in [0.2, 0.25) is 5.02 Å². The van der Waals surface area contributed by atoms with Crippen LogP contribution in [0.4, 0.5) is 5.69 Å². The third-order valence-corrected chi connectivity index (χ3v) is 5.28. The van der Waals surface area contributed by atoms with Crippen molar-refractivity contribution >= 4 is 29.1 Å². The van der Waals surface area contributed by atoms with Crippen LogP contribution >= 0.6 is 11.6 Å². The molecule has 0 saturated heterocycles. The molecule has 170 valence electrons. The van der Waals surface area contributed by atoms with Crippen molar-refractivity contribution in [1.82, 2.24) is 20.6 Å². The highest BCUT2D eigenvalue weighted by Crippen LogP contribution is 2.26. The zero-order chi connectivity index (χ0) is 24.1. The third-order valence-electron chi connectivity index (χ3n) is 4.95. The highest BCUT2D eigenvalue weighted by molar-refractivity contribution is 6.33. The molecule has 2 N–H and O–H groups in total. The summed E-state index contributed by atoms with van der Waals surface area (Å²) in [5.41, 5.74) is 7.38. The Hall–Kier alpha value is -4.50. The number of carbonyl (C=O) groups excluding carboxylic acids is 2. The second kappa shape index (κ2) is 9.97. The van der Waals surface area contributed by atoms with Crippen LogP contribution in [-0.4, -0.2) is 26.5 Å². The molecule has 0 unspecified atom stereocenters. The van der Waals surface area contributed by atoms with Crippen LogP contribution in [0.1, 0.15) is 15.9 Å². The molecule has 0 spiro atoms. The van der Waals surface area contributed by atoms with Crippen LogP contribution in [0.3, 0.4) is 0 Å². The summed E-state index contributed by atoms with van der Waals surface area (Å²) >= 11 is 6.02. The second-order valence-corrected chi connectivity index (χ2v) is 7.65. The van der Waals surface area contributed by atoms with Gasteiger partial charge in [-0.3, -0.25) is 30.6 Å². The molecule has 2 amide bonds. The van der Waals surface area contributed by atoms with Gasteiger partial charge in [0, 0.05) is 29.5 Å². The lowest BCUT2D eigenvalue weighted by Gasteiger charge is -2.08. The standard InChI is InChI=1S/C24H18ClN5O4/c25-21-9-5-4-8-20(21)24(32)27-26-22(31)14-17-15-29(18-6-2-1-3-7-18)28-23(17)16-10-12-19(13-11-16)30(33)34/h1-13,15H,14H2,(H,26,31)(H,27,32). The predicted octanol–water partition coefficient (Wildman–Crippen LogP) is 4.10. The summed E-state index contributed by atoms with van der Waals surface area (Å²) in [6.45, 7) is 0. The van der Waals surface area contributed by atoms with Crippen LogP contribution in [-0.2, 0) is 11.2 Å². The summed E-state index contributed by atoms with van der Waals surface area (Å²) in [5.74, 6) is -1.02. The molecule has 0 saturated carbocycles. The maximum atomic E-state index is 12.6. The number of benzene rings is 3. The summed E-state index contributed by atoms with van der Waals surface area (Å²) in [6, 6.07) is 21.7. The van der Waals surface area contributed by atoms with Gasteiger partial charge in [-0.2, -0.15) is 5.10 Å². The minimum absolute atomic E-state index is 0.0483. The summed E-state index contributed by atoms with van der Waals surface area (Å²) in [5, 5.41) is 15.8. The molecule has 9 nitrogen and oxygen atoms in total. The van der Waals surface area contributed by atoms with E-state index < -0.39 is 16.7 Å². The quantitative estimate of drug-likeness (QED) is 0.321. The zero-order valence-electron chi connectivity index (χ0n) is 17.6. The van der Waals surface area contributed by atoms with Gasteiger partial charge in [0.25, 0.3) is 11.6 Å². The van der Waals surface area contributed by atoms with E-state index in [0.29, 0.717) is 16.8 Å². The molecule has 3 aromatic carbocycles. The van der Waals surface area contributed by atoms with E-state index in [-0.39, 0.29) is 22.7 Å². The number of nitrogens with zero attached hydrogens (tertiary/aromatic N) is 3. The van der Waals surface area contributed by atoms with Gasteiger partial charge in [-0.15, -0.1) is 0 Å². The number of nitro groups is 1. The lowest BCUT2D eigenvalue weighted by Crippen LogP contribution is -2.42. The number of aromatic nitrogens is 2. The van der Waals surface area contributed by atoms with Crippen molar-refractivity contribution in [1.29, 1.82) is 0 Å². The van der Waals surface area contributed by atoms with Gasteiger partial charge in [0.05, 0.1) is 33.3 Å². The number of hydrogen-bond acceptors (Lipinski definition) is 5. The first-order chi connectivity index (χ1) is 16.4. The first-order valence-electron chi connectivity index (χ1n) is 10.1. The molecule has 1 aromatic heterocycles. The normalized spacial score (nSPS) is 10.5. The van der Waals surface area contributed by atoms with Gasteiger partial charge in [-0.25, -0.2) is 4.68 Å². The highest BCUT2D eigenvalue weighted by atomic mass is 35.5. The van der Waals surface area contributed by atoms with Gasteiger partial charge in [-0.05, 0) is 36.4 Å². The van der Waals surface area contributed by atoms with E-state index in [1.54, 1.807) is 47.3 Å². The minimum atomic E-state index is -0.547. The van der Waals surface area contributed by atoms with E-state index in [1.807, 2.05) is 30.3 Å². The molecule has 34 heavy (non-hydrogen) atoms. The van der Waals surface area contributed by atoms with Crippen molar-refractivity contribution in [2.75, 3.05) is 0 Å². The van der Waals surface area contributed by atoms with Gasteiger partial charge in [0.1, 0.15) is 0 Å². The van der Waals surface area contributed by atoms with Crippen molar-refractivity contribution < 1.29 is 14.5 Å². The number of hydrogen-bond donors (Lipinski definition) is 2. The molecule has 1 heterocycles. The fraction of sp³-hybridized carbons (Fsp3) is 0.0417. The topological polar surface area (TPSA) is 119 Å². The average molecular weight is 476 g/mol. The lowest BCUT2D eigenvalue weighted by molar-refractivity contribution is -0.384. The number of carbonyl (C=O) groups is 2. The van der Waals surface area contributed by atoms with E-state index in [4.69, 9.17) is 11.6 Å². The van der Waals surface area contributed by atoms with Gasteiger partial charge in [0.2, 0.25) is 5.91 Å². The first kappa shape index (κ1) is 22.7. The van der Waals surface area contributed by atoms with Crippen LogP contribution in [0, 0.1) is 10.1 Å². The van der Waals surface area contributed by atoms with E-state index in [0.717, 1.165) is 5.69 Å². The smallest absolute Gasteiger partial charge is 0.271 e.